The molecule has 0 heterocycles. The minimum absolute atomic E-state index is 0.114. The van der Waals surface area contributed by atoms with Gasteiger partial charge in [0, 0.05) is 12.1 Å². The van der Waals surface area contributed by atoms with Crippen molar-refractivity contribution in [2.75, 3.05) is 24.3 Å². The largest absolute Gasteiger partial charge is 0.495 e. The molecule has 0 saturated heterocycles. The lowest BCUT2D eigenvalue weighted by atomic mass is 10.2. The number of rotatable bonds is 6. The standard InChI is InChI=1S/C13H16F3N3O3/c1-22-10-5-4-8(18-12(21)13(14,15)16)7-9(10)19-11(20)3-2-6-17/h4-5,7H,2-3,6,17H2,1H3,(H,18,21)(H,19,20). The SMILES string of the molecule is COc1ccc(NC(=O)C(F)(F)F)cc1NC(=O)CCCN. The van der Waals surface area contributed by atoms with E-state index in [4.69, 9.17) is 10.5 Å². The van der Waals surface area contributed by atoms with Crippen LogP contribution in [0.25, 0.3) is 0 Å². The fraction of sp³-hybridized carbons (Fsp3) is 0.385. The number of amides is 2. The quantitative estimate of drug-likeness (QED) is 0.746. The van der Waals surface area contributed by atoms with Gasteiger partial charge >= 0.3 is 12.1 Å². The van der Waals surface area contributed by atoms with Crippen LogP contribution in [0.4, 0.5) is 24.5 Å². The number of nitrogens with two attached hydrogens (primary N) is 1. The van der Waals surface area contributed by atoms with Crippen molar-refractivity contribution < 1.29 is 27.5 Å². The Balaban J connectivity index is 2.89. The van der Waals surface area contributed by atoms with E-state index < -0.39 is 12.1 Å². The summed E-state index contributed by atoms with van der Waals surface area (Å²) in [7, 11) is 1.35. The van der Waals surface area contributed by atoms with Gasteiger partial charge in [0.1, 0.15) is 5.75 Å². The molecule has 1 rings (SSSR count). The highest BCUT2D eigenvalue weighted by molar-refractivity contribution is 5.97. The monoisotopic (exact) mass is 319 g/mol. The molecule has 1 aromatic rings. The molecule has 0 bridgehead atoms. The summed E-state index contributed by atoms with van der Waals surface area (Å²) >= 11 is 0. The summed E-state index contributed by atoms with van der Waals surface area (Å²) in [6.07, 6.45) is -4.36. The van der Waals surface area contributed by atoms with Gasteiger partial charge in [-0.25, -0.2) is 0 Å². The molecular formula is C13H16F3N3O3. The van der Waals surface area contributed by atoms with Crippen molar-refractivity contribution in [2.24, 2.45) is 5.73 Å². The van der Waals surface area contributed by atoms with Crippen molar-refractivity contribution in [3.05, 3.63) is 18.2 Å². The first-order chi connectivity index (χ1) is 10.3. The molecule has 0 radical (unpaired) electrons. The van der Waals surface area contributed by atoms with Crippen LogP contribution in [0.15, 0.2) is 18.2 Å². The van der Waals surface area contributed by atoms with Gasteiger partial charge in [0.25, 0.3) is 0 Å². The Morgan fingerprint density at radius 3 is 2.50 bits per heavy atom. The van der Waals surface area contributed by atoms with Crippen LogP contribution in [0, 0.1) is 0 Å². The maximum Gasteiger partial charge on any atom is 0.471 e. The zero-order valence-electron chi connectivity index (χ0n) is 11.8. The minimum Gasteiger partial charge on any atom is -0.495 e. The molecule has 4 N–H and O–H groups in total. The van der Waals surface area contributed by atoms with Crippen molar-refractivity contribution in [3.63, 3.8) is 0 Å². The molecule has 0 aliphatic rings. The fourth-order valence-electron chi connectivity index (χ4n) is 1.56. The summed E-state index contributed by atoms with van der Waals surface area (Å²) < 4.78 is 41.6. The van der Waals surface area contributed by atoms with Crippen molar-refractivity contribution in [3.8, 4) is 5.75 Å². The average Bonchev–Trinajstić information content (AvgIpc) is 2.44. The molecule has 0 aliphatic heterocycles. The first-order valence-electron chi connectivity index (χ1n) is 6.34. The van der Waals surface area contributed by atoms with Crippen LogP contribution in [-0.2, 0) is 9.59 Å². The van der Waals surface area contributed by atoms with Gasteiger partial charge in [0.05, 0.1) is 12.8 Å². The van der Waals surface area contributed by atoms with Crippen LogP contribution in [-0.4, -0.2) is 31.6 Å². The second-order valence-electron chi connectivity index (χ2n) is 4.31. The van der Waals surface area contributed by atoms with Crippen LogP contribution >= 0.6 is 0 Å². The number of hydrogen-bond donors (Lipinski definition) is 3. The number of alkyl halides is 3. The van der Waals surface area contributed by atoms with E-state index in [0.29, 0.717) is 13.0 Å². The number of carbonyl (C=O) groups excluding carboxylic acids is 2. The summed E-state index contributed by atoms with van der Waals surface area (Å²) in [5, 5.41) is 4.20. The lowest BCUT2D eigenvalue weighted by molar-refractivity contribution is -0.167. The first-order valence-corrected chi connectivity index (χ1v) is 6.34. The minimum atomic E-state index is -5.00. The zero-order chi connectivity index (χ0) is 16.8. The van der Waals surface area contributed by atoms with Gasteiger partial charge in [0.2, 0.25) is 5.91 Å². The van der Waals surface area contributed by atoms with E-state index in [-0.39, 0.29) is 29.5 Å². The number of nitrogens with one attached hydrogen (secondary N) is 2. The van der Waals surface area contributed by atoms with E-state index in [2.05, 4.69) is 5.32 Å². The Kier molecular flexibility index (Phi) is 6.17. The van der Waals surface area contributed by atoms with Crippen LogP contribution < -0.4 is 21.1 Å². The molecule has 0 aliphatic carbocycles. The van der Waals surface area contributed by atoms with E-state index in [1.54, 1.807) is 5.32 Å². The smallest absolute Gasteiger partial charge is 0.471 e. The highest BCUT2D eigenvalue weighted by atomic mass is 19.4. The van der Waals surface area contributed by atoms with E-state index in [0.717, 1.165) is 0 Å². The van der Waals surface area contributed by atoms with Crippen molar-refractivity contribution in [2.45, 2.75) is 19.0 Å². The third-order valence-electron chi connectivity index (χ3n) is 2.60. The zero-order valence-corrected chi connectivity index (χ0v) is 11.8. The third kappa shape index (κ3) is 5.24. The molecule has 122 valence electrons. The number of halogens is 3. The molecule has 22 heavy (non-hydrogen) atoms. The van der Waals surface area contributed by atoms with Crippen LogP contribution in [0.5, 0.6) is 5.75 Å². The molecule has 0 aromatic heterocycles. The van der Waals surface area contributed by atoms with Gasteiger partial charge in [-0.05, 0) is 31.2 Å². The van der Waals surface area contributed by atoms with Gasteiger partial charge in [-0.3, -0.25) is 9.59 Å². The number of anilines is 2. The molecule has 0 unspecified atom stereocenters. The van der Waals surface area contributed by atoms with Gasteiger partial charge < -0.3 is 21.1 Å². The lowest BCUT2D eigenvalue weighted by Crippen LogP contribution is -2.29. The Morgan fingerprint density at radius 2 is 1.95 bits per heavy atom. The lowest BCUT2D eigenvalue weighted by Gasteiger charge is -2.13. The number of carbonyl (C=O) groups is 2. The van der Waals surface area contributed by atoms with Crippen LogP contribution in [0.1, 0.15) is 12.8 Å². The maximum absolute atomic E-state index is 12.2. The van der Waals surface area contributed by atoms with Crippen LogP contribution in [0.3, 0.4) is 0 Å². The van der Waals surface area contributed by atoms with Crippen molar-refractivity contribution in [1.29, 1.82) is 0 Å². The first kappa shape index (κ1) is 17.8. The molecule has 2 amide bonds. The fourth-order valence-corrected chi connectivity index (χ4v) is 1.56. The van der Waals surface area contributed by atoms with Gasteiger partial charge in [0.15, 0.2) is 0 Å². The third-order valence-corrected chi connectivity index (χ3v) is 2.60. The molecule has 1 aromatic carbocycles. The van der Waals surface area contributed by atoms with E-state index in [9.17, 15) is 22.8 Å². The maximum atomic E-state index is 12.2. The molecule has 9 heteroatoms. The van der Waals surface area contributed by atoms with Crippen molar-refractivity contribution in [1.82, 2.24) is 0 Å². The van der Waals surface area contributed by atoms with Crippen molar-refractivity contribution >= 4 is 23.2 Å². The highest BCUT2D eigenvalue weighted by Crippen LogP contribution is 2.29. The molecular weight excluding hydrogens is 303 g/mol. The summed E-state index contributed by atoms with van der Waals surface area (Å²) in [5.74, 6) is -2.20. The summed E-state index contributed by atoms with van der Waals surface area (Å²) in [6.45, 7) is 0.340. The average molecular weight is 319 g/mol. The van der Waals surface area contributed by atoms with E-state index >= 15 is 0 Å². The summed E-state index contributed by atoms with van der Waals surface area (Å²) in [4.78, 5) is 22.5. The molecule has 0 fully saturated rings. The number of ether oxygens (including phenoxy) is 1. The Labute approximate surface area is 124 Å². The summed E-state index contributed by atoms with van der Waals surface area (Å²) in [5.41, 5.74) is 5.33. The second kappa shape index (κ2) is 7.64. The van der Waals surface area contributed by atoms with E-state index in [1.807, 2.05) is 0 Å². The molecule has 0 spiro atoms. The Hall–Kier alpha value is -2.29. The van der Waals surface area contributed by atoms with Gasteiger partial charge in [-0.15, -0.1) is 0 Å². The van der Waals surface area contributed by atoms with E-state index in [1.165, 1.54) is 25.3 Å². The normalized spacial score (nSPS) is 11.0. The second-order valence-corrected chi connectivity index (χ2v) is 4.31. The molecule has 6 nitrogen and oxygen atoms in total. The van der Waals surface area contributed by atoms with Gasteiger partial charge in [-0.1, -0.05) is 0 Å². The Morgan fingerprint density at radius 1 is 1.27 bits per heavy atom. The van der Waals surface area contributed by atoms with Gasteiger partial charge in [-0.2, -0.15) is 13.2 Å². The number of methoxy groups -OCH3 is 1. The molecule has 0 atom stereocenters. The topological polar surface area (TPSA) is 93.5 Å². The predicted octanol–water partition coefficient (Wildman–Crippen LogP) is 1.87. The summed E-state index contributed by atoms with van der Waals surface area (Å²) in [6, 6.07) is 3.76. The predicted molar refractivity (Wildman–Crippen MR) is 74.6 cm³/mol. The highest BCUT2D eigenvalue weighted by Gasteiger charge is 2.38. The molecule has 0 saturated carbocycles. The Bertz CT molecular complexity index is 547. The van der Waals surface area contributed by atoms with Crippen LogP contribution in [0.2, 0.25) is 0 Å². The number of benzene rings is 1. The number of hydrogen-bond acceptors (Lipinski definition) is 4.